The molecule has 13 heavy (non-hydrogen) atoms. The zero-order valence-electron chi connectivity index (χ0n) is 7.91. The molecule has 1 heterocycles. The lowest BCUT2D eigenvalue weighted by Crippen LogP contribution is -1.87. The highest BCUT2D eigenvalue weighted by Crippen LogP contribution is 2.34. The summed E-state index contributed by atoms with van der Waals surface area (Å²) in [6.45, 7) is 0. The molecule has 1 unspecified atom stereocenters. The van der Waals surface area contributed by atoms with Crippen molar-refractivity contribution in [2.45, 2.75) is 30.9 Å². The molecule has 0 N–H and O–H groups in total. The predicted molar refractivity (Wildman–Crippen MR) is 60.2 cm³/mol. The summed E-state index contributed by atoms with van der Waals surface area (Å²) in [4.78, 5) is 0. The Hall–Kier alpha value is -0.430. The molecule has 0 nitrogen and oxygen atoms in total. The summed E-state index contributed by atoms with van der Waals surface area (Å²) in [5.74, 6) is 1.42. The zero-order chi connectivity index (χ0) is 8.93. The highest BCUT2D eigenvalue weighted by Gasteiger charge is 2.20. The van der Waals surface area contributed by atoms with E-state index in [9.17, 15) is 0 Å². The second-order valence-corrected chi connectivity index (χ2v) is 5.02. The zero-order valence-corrected chi connectivity index (χ0v) is 8.72. The quantitative estimate of drug-likeness (QED) is 0.508. The lowest BCUT2D eigenvalue weighted by molar-refractivity contribution is 0.695. The van der Waals surface area contributed by atoms with Gasteiger partial charge < -0.3 is 0 Å². The molecule has 2 rings (SSSR count). The summed E-state index contributed by atoms with van der Waals surface area (Å²) < 4.78 is 0. The fraction of sp³-hybridized carbons (Fsp3) is 0.500. The predicted octanol–water partition coefficient (Wildman–Crippen LogP) is 3.51. The van der Waals surface area contributed by atoms with Gasteiger partial charge in [0.15, 0.2) is 0 Å². The summed E-state index contributed by atoms with van der Waals surface area (Å²) in [6.07, 6.45) is 5.48. The van der Waals surface area contributed by atoms with E-state index in [0.717, 1.165) is 5.25 Å². The van der Waals surface area contributed by atoms with Crippen LogP contribution >= 0.6 is 11.8 Å². The van der Waals surface area contributed by atoms with E-state index in [1.807, 2.05) is 0 Å². The van der Waals surface area contributed by atoms with E-state index in [2.05, 4.69) is 42.1 Å². The third-order valence-electron chi connectivity index (χ3n) is 2.49. The van der Waals surface area contributed by atoms with E-state index in [1.54, 1.807) is 0 Å². The van der Waals surface area contributed by atoms with Crippen LogP contribution in [0.2, 0.25) is 0 Å². The SMILES string of the molecule is c1ccc(CCCCC2CS2)cc1. The molecule has 0 aliphatic carbocycles. The molecule has 0 saturated carbocycles. The van der Waals surface area contributed by atoms with Gasteiger partial charge in [-0.15, -0.1) is 0 Å². The van der Waals surface area contributed by atoms with Gasteiger partial charge in [0.25, 0.3) is 0 Å². The monoisotopic (exact) mass is 192 g/mol. The average Bonchev–Trinajstić information content (AvgIpc) is 2.98. The molecule has 1 atom stereocenters. The van der Waals surface area contributed by atoms with Crippen LogP contribution in [0.25, 0.3) is 0 Å². The van der Waals surface area contributed by atoms with Crippen molar-refractivity contribution in [1.82, 2.24) is 0 Å². The van der Waals surface area contributed by atoms with Gasteiger partial charge in [-0.3, -0.25) is 0 Å². The Balaban J connectivity index is 1.61. The normalized spacial score (nSPS) is 20.2. The summed E-state index contributed by atoms with van der Waals surface area (Å²) in [5.41, 5.74) is 1.49. The first kappa shape index (κ1) is 9.14. The summed E-state index contributed by atoms with van der Waals surface area (Å²) in [6, 6.07) is 10.8. The second kappa shape index (κ2) is 4.71. The fourth-order valence-corrected chi connectivity index (χ4v) is 2.22. The number of unbranched alkanes of at least 4 members (excludes halogenated alkanes) is 1. The van der Waals surface area contributed by atoms with Gasteiger partial charge in [0.1, 0.15) is 0 Å². The van der Waals surface area contributed by atoms with Crippen LogP contribution in [0.3, 0.4) is 0 Å². The van der Waals surface area contributed by atoms with Crippen LogP contribution in [0.5, 0.6) is 0 Å². The second-order valence-electron chi connectivity index (χ2n) is 3.69. The maximum atomic E-state index is 2.23. The van der Waals surface area contributed by atoms with Crippen LogP contribution in [0.4, 0.5) is 0 Å². The molecule has 0 bridgehead atoms. The maximum Gasteiger partial charge on any atom is 0.0138 e. The molecule has 1 aromatic carbocycles. The molecule has 0 radical (unpaired) electrons. The highest BCUT2D eigenvalue weighted by molar-refractivity contribution is 8.06. The molecule has 1 fully saturated rings. The van der Waals surface area contributed by atoms with Crippen LogP contribution in [0.1, 0.15) is 24.8 Å². The van der Waals surface area contributed by atoms with Crippen molar-refractivity contribution >= 4 is 11.8 Å². The van der Waals surface area contributed by atoms with Crippen molar-refractivity contribution in [3.8, 4) is 0 Å². The van der Waals surface area contributed by atoms with Gasteiger partial charge in [0.2, 0.25) is 0 Å². The number of thioether (sulfide) groups is 1. The molecule has 1 aliphatic rings. The largest absolute Gasteiger partial charge is 0.157 e. The number of hydrogen-bond donors (Lipinski definition) is 0. The van der Waals surface area contributed by atoms with Crippen LogP contribution < -0.4 is 0 Å². The lowest BCUT2D eigenvalue weighted by atomic mass is 10.1. The Morgan fingerprint density at radius 1 is 1.15 bits per heavy atom. The molecule has 70 valence electrons. The van der Waals surface area contributed by atoms with E-state index in [-0.39, 0.29) is 0 Å². The molecular formula is C12H16S. The van der Waals surface area contributed by atoms with Crippen molar-refractivity contribution in [2.24, 2.45) is 0 Å². The minimum absolute atomic E-state index is 1.02. The minimum Gasteiger partial charge on any atom is -0.157 e. The smallest absolute Gasteiger partial charge is 0.0138 e. The van der Waals surface area contributed by atoms with Gasteiger partial charge in [-0.1, -0.05) is 36.8 Å². The number of benzene rings is 1. The van der Waals surface area contributed by atoms with Gasteiger partial charge in [-0.05, 0) is 24.8 Å². The van der Waals surface area contributed by atoms with Gasteiger partial charge in [0, 0.05) is 11.0 Å². The van der Waals surface area contributed by atoms with Crippen LogP contribution in [0.15, 0.2) is 30.3 Å². The number of hydrogen-bond acceptors (Lipinski definition) is 1. The average molecular weight is 192 g/mol. The maximum absolute atomic E-state index is 2.23. The van der Waals surface area contributed by atoms with Crippen molar-refractivity contribution in [1.29, 1.82) is 0 Å². The lowest BCUT2D eigenvalue weighted by Gasteiger charge is -1.99. The topological polar surface area (TPSA) is 0 Å². The highest BCUT2D eigenvalue weighted by atomic mass is 32.2. The van der Waals surface area contributed by atoms with Crippen molar-refractivity contribution in [3.63, 3.8) is 0 Å². The molecule has 1 aromatic rings. The van der Waals surface area contributed by atoms with Gasteiger partial charge in [-0.25, -0.2) is 0 Å². The van der Waals surface area contributed by atoms with Crippen LogP contribution in [0, 0.1) is 0 Å². The van der Waals surface area contributed by atoms with E-state index in [1.165, 1.54) is 37.0 Å². The molecule has 1 heteroatoms. The summed E-state index contributed by atoms with van der Waals surface area (Å²) >= 11 is 2.11. The van der Waals surface area contributed by atoms with Gasteiger partial charge >= 0.3 is 0 Å². The summed E-state index contributed by atoms with van der Waals surface area (Å²) in [7, 11) is 0. The van der Waals surface area contributed by atoms with Crippen molar-refractivity contribution in [3.05, 3.63) is 35.9 Å². The number of aryl methyl sites for hydroxylation is 1. The fourth-order valence-electron chi connectivity index (χ4n) is 1.58. The third-order valence-corrected chi connectivity index (χ3v) is 3.53. The Bertz CT molecular complexity index is 239. The van der Waals surface area contributed by atoms with E-state index in [4.69, 9.17) is 0 Å². The van der Waals surface area contributed by atoms with E-state index in [0.29, 0.717) is 0 Å². The Morgan fingerprint density at radius 2 is 1.92 bits per heavy atom. The Morgan fingerprint density at radius 3 is 2.62 bits per heavy atom. The Labute approximate surface area is 84.7 Å². The molecule has 0 spiro atoms. The van der Waals surface area contributed by atoms with Gasteiger partial charge in [-0.2, -0.15) is 11.8 Å². The van der Waals surface area contributed by atoms with Crippen molar-refractivity contribution in [2.75, 3.05) is 5.75 Å². The van der Waals surface area contributed by atoms with Gasteiger partial charge in [0.05, 0.1) is 0 Å². The van der Waals surface area contributed by atoms with E-state index >= 15 is 0 Å². The molecule has 0 aromatic heterocycles. The van der Waals surface area contributed by atoms with Crippen LogP contribution in [-0.2, 0) is 6.42 Å². The molecule has 1 aliphatic heterocycles. The summed E-state index contributed by atoms with van der Waals surface area (Å²) in [5, 5.41) is 1.02. The first-order valence-corrected chi connectivity index (χ1v) is 6.15. The molecular weight excluding hydrogens is 176 g/mol. The van der Waals surface area contributed by atoms with Crippen LogP contribution in [-0.4, -0.2) is 11.0 Å². The molecule has 0 amide bonds. The van der Waals surface area contributed by atoms with E-state index < -0.39 is 0 Å². The first-order chi connectivity index (χ1) is 6.45. The number of rotatable bonds is 5. The molecule has 1 saturated heterocycles. The third kappa shape index (κ3) is 3.43. The minimum atomic E-state index is 1.02. The first-order valence-electron chi connectivity index (χ1n) is 5.11. The Kier molecular flexibility index (Phi) is 3.31. The standard InChI is InChI=1S/C12H16S/c1-2-6-11(7-3-1)8-4-5-9-12-10-13-12/h1-3,6-7,12H,4-5,8-10H2. The van der Waals surface area contributed by atoms with Crippen molar-refractivity contribution < 1.29 is 0 Å².